The number of nitriles is 1. The molecule has 0 aliphatic heterocycles. The molecule has 0 saturated carbocycles. The van der Waals surface area contributed by atoms with Gasteiger partial charge in [-0.3, -0.25) is 4.57 Å². The van der Waals surface area contributed by atoms with Gasteiger partial charge in [-0.05, 0) is 43.4 Å². The number of H-pyrrole nitrogens is 1. The van der Waals surface area contributed by atoms with Crippen LogP contribution < -0.4 is 4.74 Å². The van der Waals surface area contributed by atoms with Crippen molar-refractivity contribution < 1.29 is 4.74 Å². The van der Waals surface area contributed by atoms with Gasteiger partial charge in [0.05, 0.1) is 29.9 Å². The summed E-state index contributed by atoms with van der Waals surface area (Å²) < 4.78 is 7.74. The van der Waals surface area contributed by atoms with E-state index in [9.17, 15) is 0 Å². The lowest BCUT2D eigenvalue weighted by Crippen LogP contribution is -2.00. The Morgan fingerprint density at radius 2 is 2.14 bits per heavy atom. The van der Waals surface area contributed by atoms with Crippen LogP contribution in [0.25, 0.3) is 16.9 Å². The zero-order chi connectivity index (χ0) is 15.0. The molecule has 0 bridgehead atoms. The van der Waals surface area contributed by atoms with Gasteiger partial charge in [0.2, 0.25) is 0 Å². The van der Waals surface area contributed by atoms with Crippen molar-refractivity contribution in [2.45, 2.75) is 6.92 Å². The zero-order valence-electron chi connectivity index (χ0n) is 11.5. The van der Waals surface area contributed by atoms with Crippen LogP contribution in [0.4, 0.5) is 0 Å². The molecule has 0 unspecified atom stereocenters. The summed E-state index contributed by atoms with van der Waals surface area (Å²) in [5.41, 5.74) is 3.79. The van der Waals surface area contributed by atoms with Crippen LogP contribution >= 0.6 is 12.2 Å². The number of rotatable bonds is 2. The van der Waals surface area contributed by atoms with E-state index >= 15 is 0 Å². The third-order valence-corrected chi connectivity index (χ3v) is 3.51. The van der Waals surface area contributed by atoms with Crippen molar-refractivity contribution in [3.05, 3.63) is 46.4 Å². The predicted molar refractivity (Wildman–Crippen MR) is 82.3 cm³/mol. The minimum absolute atomic E-state index is 0.533. The Morgan fingerprint density at radius 1 is 1.33 bits per heavy atom. The first-order valence-corrected chi connectivity index (χ1v) is 6.72. The Hall–Kier alpha value is -2.65. The fourth-order valence-corrected chi connectivity index (χ4v) is 2.53. The molecule has 3 aromatic rings. The van der Waals surface area contributed by atoms with Crippen molar-refractivity contribution in [1.82, 2.24) is 14.5 Å². The third-order valence-electron chi connectivity index (χ3n) is 3.22. The van der Waals surface area contributed by atoms with Crippen LogP contribution in [0.2, 0.25) is 0 Å². The first kappa shape index (κ1) is 13.3. The summed E-state index contributed by atoms with van der Waals surface area (Å²) in [5, 5.41) is 8.99. The number of nitrogens with one attached hydrogen (secondary N) is 1. The summed E-state index contributed by atoms with van der Waals surface area (Å²) in [6.45, 7) is 1.93. The van der Waals surface area contributed by atoms with Gasteiger partial charge in [-0.2, -0.15) is 5.26 Å². The molecule has 0 atom stereocenters. The quantitative estimate of drug-likeness (QED) is 0.737. The number of aryl methyl sites for hydroxylation is 1. The molecule has 0 spiro atoms. The summed E-state index contributed by atoms with van der Waals surface area (Å²) in [4.78, 5) is 7.66. The van der Waals surface area contributed by atoms with Crippen LogP contribution in [-0.2, 0) is 0 Å². The molecule has 0 saturated heterocycles. The maximum absolute atomic E-state index is 8.99. The van der Waals surface area contributed by atoms with Gasteiger partial charge in [-0.15, -0.1) is 0 Å². The van der Waals surface area contributed by atoms with Gasteiger partial charge in [-0.25, -0.2) is 4.98 Å². The molecule has 3 rings (SSSR count). The molecular weight excluding hydrogens is 284 g/mol. The first-order chi connectivity index (χ1) is 10.1. The van der Waals surface area contributed by atoms with Gasteiger partial charge < -0.3 is 9.72 Å². The predicted octanol–water partition coefficient (Wildman–Crippen LogP) is 3.27. The second-order valence-electron chi connectivity index (χ2n) is 4.59. The normalized spacial score (nSPS) is 10.5. The van der Waals surface area contributed by atoms with Crippen LogP contribution in [0.1, 0.15) is 11.3 Å². The van der Waals surface area contributed by atoms with Crippen LogP contribution in [0.3, 0.4) is 0 Å². The van der Waals surface area contributed by atoms with E-state index < -0.39 is 0 Å². The van der Waals surface area contributed by atoms with Gasteiger partial charge in [0.25, 0.3) is 0 Å². The number of nitrogens with zero attached hydrogens (tertiary/aromatic N) is 3. The van der Waals surface area contributed by atoms with Gasteiger partial charge >= 0.3 is 0 Å². The lowest BCUT2D eigenvalue weighted by atomic mass is 10.2. The second-order valence-corrected chi connectivity index (χ2v) is 4.97. The summed E-state index contributed by atoms with van der Waals surface area (Å²) in [6, 6.07) is 11.2. The molecular formula is C15H12N4OS. The number of hydrogen-bond donors (Lipinski definition) is 1. The van der Waals surface area contributed by atoms with Crippen molar-refractivity contribution in [2.24, 2.45) is 0 Å². The number of pyridine rings is 1. The van der Waals surface area contributed by atoms with Crippen LogP contribution in [0.15, 0.2) is 30.3 Å². The largest absolute Gasteiger partial charge is 0.495 e. The topological polar surface area (TPSA) is 66.6 Å². The number of aromatic nitrogens is 3. The van der Waals surface area contributed by atoms with E-state index in [0.717, 1.165) is 22.5 Å². The summed E-state index contributed by atoms with van der Waals surface area (Å²) >= 11 is 5.39. The average Bonchev–Trinajstić information content (AvgIpc) is 2.81. The van der Waals surface area contributed by atoms with Gasteiger partial charge in [0, 0.05) is 11.8 Å². The number of fused-ring (bicyclic) bond motifs is 1. The van der Waals surface area contributed by atoms with Crippen molar-refractivity contribution in [2.75, 3.05) is 7.11 Å². The Labute approximate surface area is 126 Å². The molecule has 0 aliphatic rings. The number of aromatic amines is 1. The van der Waals surface area contributed by atoms with Crippen molar-refractivity contribution in [1.29, 1.82) is 5.26 Å². The molecule has 1 N–H and O–H groups in total. The molecule has 104 valence electrons. The van der Waals surface area contributed by atoms with E-state index in [1.54, 1.807) is 19.2 Å². The van der Waals surface area contributed by atoms with E-state index in [0.29, 0.717) is 16.1 Å². The molecule has 21 heavy (non-hydrogen) atoms. The number of ether oxygens (including phenoxy) is 1. The zero-order valence-corrected chi connectivity index (χ0v) is 12.4. The van der Waals surface area contributed by atoms with E-state index in [-0.39, 0.29) is 0 Å². The van der Waals surface area contributed by atoms with Gasteiger partial charge in [0.1, 0.15) is 5.75 Å². The van der Waals surface area contributed by atoms with E-state index in [1.807, 2.05) is 29.7 Å². The monoisotopic (exact) mass is 296 g/mol. The minimum Gasteiger partial charge on any atom is -0.495 e. The highest BCUT2D eigenvalue weighted by atomic mass is 32.1. The molecule has 2 aromatic heterocycles. The van der Waals surface area contributed by atoms with E-state index in [1.165, 1.54) is 0 Å². The smallest absolute Gasteiger partial charge is 0.184 e. The fraction of sp³-hybridized carbons (Fsp3) is 0.133. The molecule has 0 amide bonds. The maximum atomic E-state index is 8.99. The lowest BCUT2D eigenvalue weighted by Gasteiger charge is -2.10. The maximum Gasteiger partial charge on any atom is 0.184 e. The Morgan fingerprint density at radius 3 is 2.86 bits per heavy atom. The first-order valence-electron chi connectivity index (χ1n) is 6.31. The highest BCUT2D eigenvalue weighted by Gasteiger charge is 2.13. The molecule has 0 radical (unpaired) electrons. The number of hydrogen-bond acceptors (Lipinski definition) is 4. The fourth-order valence-electron chi connectivity index (χ4n) is 2.23. The van der Waals surface area contributed by atoms with Crippen LogP contribution in [-0.4, -0.2) is 21.6 Å². The van der Waals surface area contributed by atoms with Crippen LogP contribution in [0, 0.1) is 23.0 Å². The minimum atomic E-state index is 0.533. The molecule has 0 aliphatic carbocycles. The van der Waals surface area contributed by atoms with Crippen molar-refractivity contribution >= 4 is 23.4 Å². The highest BCUT2D eigenvalue weighted by molar-refractivity contribution is 7.71. The summed E-state index contributed by atoms with van der Waals surface area (Å²) in [6.07, 6.45) is 0. The highest BCUT2D eigenvalue weighted by Crippen LogP contribution is 2.27. The molecule has 6 heteroatoms. The van der Waals surface area contributed by atoms with Crippen molar-refractivity contribution in [3.8, 4) is 17.5 Å². The van der Waals surface area contributed by atoms with Crippen LogP contribution in [0.5, 0.6) is 5.75 Å². The summed E-state index contributed by atoms with van der Waals surface area (Å²) in [5.74, 6) is 0.578. The second kappa shape index (κ2) is 5.04. The summed E-state index contributed by atoms with van der Waals surface area (Å²) in [7, 11) is 1.57. The van der Waals surface area contributed by atoms with E-state index in [4.69, 9.17) is 22.2 Å². The molecule has 5 nitrogen and oxygen atoms in total. The SMILES string of the molecule is COc1cc(C#N)ccc1-n1c(=S)[nH]c2ccc(C)nc21. The van der Waals surface area contributed by atoms with Crippen molar-refractivity contribution in [3.63, 3.8) is 0 Å². The Balaban J connectivity index is 2.35. The number of imidazole rings is 1. The average molecular weight is 296 g/mol. The third kappa shape index (κ3) is 2.18. The van der Waals surface area contributed by atoms with Gasteiger partial charge in [0.15, 0.2) is 10.4 Å². The molecule has 1 aromatic carbocycles. The standard InChI is InChI=1S/C15H12N4OS/c1-9-3-5-11-14(17-9)19(15(21)18-11)12-6-4-10(8-16)7-13(12)20-2/h3-7H,1-2H3,(H,18,21). The number of methoxy groups -OCH3 is 1. The number of benzene rings is 1. The molecule has 0 fully saturated rings. The Bertz CT molecular complexity index is 933. The molecule has 2 heterocycles. The van der Waals surface area contributed by atoms with E-state index in [2.05, 4.69) is 16.0 Å². The Kier molecular flexibility index (Phi) is 3.20. The lowest BCUT2D eigenvalue weighted by molar-refractivity contribution is 0.413. The van der Waals surface area contributed by atoms with Gasteiger partial charge in [-0.1, -0.05) is 0 Å².